The van der Waals surface area contributed by atoms with Crippen molar-refractivity contribution in [1.29, 1.82) is 0 Å². The summed E-state index contributed by atoms with van der Waals surface area (Å²) in [5, 5.41) is 3.61. The van der Waals surface area contributed by atoms with E-state index in [0.717, 1.165) is 19.3 Å². The summed E-state index contributed by atoms with van der Waals surface area (Å²) in [4.78, 5) is 2.75. The third kappa shape index (κ3) is 3.98. The molecule has 0 aromatic heterocycles. The Kier molecular flexibility index (Phi) is 5.59. The van der Waals surface area contributed by atoms with Gasteiger partial charge in [0, 0.05) is 11.0 Å². The second-order valence-electron chi connectivity index (χ2n) is 2.17. The molecule has 1 atom stereocenters. The van der Waals surface area contributed by atoms with Gasteiger partial charge in [0.05, 0.1) is 0 Å². The molecule has 0 fully saturated rings. The van der Waals surface area contributed by atoms with Crippen molar-refractivity contribution in [2.75, 3.05) is 0 Å². The average molecular weight is 139 g/mol. The van der Waals surface area contributed by atoms with Gasteiger partial charge in [-0.2, -0.15) is 0 Å². The van der Waals surface area contributed by atoms with E-state index in [1.165, 1.54) is 0 Å². The van der Waals surface area contributed by atoms with Crippen LogP contribution in [0.15, 0.2) is 17.8 Å². The van der Waals surface area contributed by atoms with E-state index in [4.69, 9.17) is 5.53 Å². The second kappa shape index (κ2) is 6.17. The maximum atomic E-state index is 8.11. The highest BCUT2D eigenvalue weighted by atomic mass is 15.1. The van der Waals surface area contributed by atoms with Gasteiger partial charge in [0.15, 0.2) is 0 Å². The lowest BCUT2D eigenvalue weighted by Gasteiger charge is -2.03. The molecule has 0 amide bonds. The van der Waals surface area contributed by atoms with Crippen molar-refractivity contribution >= 4 is 0 Å². The molecule has 0 aliphatic rings. The predicted octanol–water partition coefficient (Wildman–Crippen LogP) is 3.04. The zero-order valence-electron chi connectivity index (χ0n) is 6.32. The van der Waals surface area contributed by atoms with E-state index in [1.54, 1.807) is 6.08 Å². The summed E-state index contributed by atoms with van der Waals surface area (Å²) in [7, 11) is 0. The van der Waals surface area contributed by atoms with Crippen molar-refractivity contribution in [3.05, 3.63) is 23.1 Å². The molecule has 3 heteroatoms. The van der Waals surface area contributed by atoms with Crippen molar-refractivity contribution in [3.63, 3.8) is 0 Å². The van der Waals surface area contributed by atoms with Gasteiger partial charge in [-0.3, -0.25) is 0 Å². The lowest BCUT2D eigenvalue weighted by Crippen LogP contribution is -1.99. The van der Waals surface area contributed by atoms with Gasteiger partial charge in [-0.1, -0.05) is 24.5 Å². The quantitative estimate of drug-likeness (QED) is 0.243. The summed E-state index contributed by atoms with van der Waals surface area (Å²) in [6.45, 7) is 5.65. The lowest BCUT2D eigenvalue weighted by atomic mass is 10.1. The summed E-state index contributed by atoms with van der Waals surface area (Å²) >= 11 is 0. The van der Waals surface area contributed by atoms with Crippen LogP contribution in [0.4, 0.5) is 0 Å². The minimum absolute atomic E-state index is 0.118. The second-order valence-corrected chi connectivity index (χ2v) is 2.17. The van der Waals surface area contributed by atoms with Crippen molar-refractivity contribution in [2.24, 2.45) is 5.11 Å². The topological polar surface area (TPSA) is 48.8 Å². The summed E-state index contributed by atoms with van der Waals surface area (Å²) in [5.74, 6) is 0. The molecule has 10 heavy (non-hydrogen) atoms. The van der Waals surface area contributed by atoms with Crippen molar-refractivity contribution in [1.82, 2.24) is 0 Å². The Hall–Kier alpha value is -0.950. The van der Waals surface area contributed by atoms with Crippen LogP contribution in [0.5, 0.6) is 0 Å². The van der Waals surface area contributed by atoms with Crippen LogP contribution in [0.2, 0.25) is 0 Å². The number of rotatable bonds is 5. The van der Waals surface area contributed by atoms with E-state index in [1.807, 2.05) is 0 Å². The summed E-state index contributed by atoms with van der Waals surface area (Å²) < 4.78 is 0. The Bertz CT molecular complexity index is 136. The monoisotopic (exact) mass is 139 g/mol. The van der Waals surface area contributed by atoms with Gasteiger partial charge in [-0.25, -0.2) is 0 Å². The minimum Gasteiger partial charge on any atom is -0.103 e. The maximum absolute atomic E-state index is 8.11. The molecule has 56 valence electrons. The van der Waals surface area contributed by atoms with Crippen LogP contribution < -0.4 is 0 Å². The summed E-state index contributed by atoms with van der Waals surface area (Å²) in [6.07, 6.45) is 4.58. The van der Waals surface area contributed by atoms with Gasteiger partial charge in [0.1, 0.15) is 0 Å². The molecule has 0 heterocycles. The van der Waals surface area contributed by atoms with Gasteiger partial charge in [0.25, 0.3) is 0 Å². The molecule has 0 saturated heterocycles. The SMILES string of the molecule is C=CCC(CCC)N=[N+]=[N-]. The van der Waals surface area contributed by atoms with E-state index in [2.05, 4.69) is 23.5 Å². The number of hydrogen-bond donors (Lipinski definition) is 0. The summed E-state index contributed by atoms with van der Waals surface area (Å²) in [6, 6.07) is 0.118. The average Bonchev–Trinajstić information content (AvgIpc) is 1.90. The molecule has 0 saturated carbocycles. The van der Waals surface area contributed by atoms with E-state index in [0.29, 0.717) is 0 Å². The fraction of sp³-hybridized carbons (Fsp3) is 0.714. The van der Waals surface area contributed by atoms with Crippen molar-refractivity contribution < 1.29 is 0 Å². The zero-order chi connectivity index (χ0) is 7.82. The highest BCUT2D eigenvalue weighted by molar-refractivity contribution is 4.77. The van der Waals surface area contributed by atoms with Crippen LogP contribution in [0.25, 0.3) is 10.4 Å². The van der Waals surface area contributed by atoms with Gasteiger partial charge in [-0.15, -0.1) is 6.58 Å². The van der Waals surface area contributed by atoms with Crippen LogP contribution in [-0.2, 0) is 0 Å². The van der Waals surface area contributed by atoms with Crippen LogP contribution in [0.3, 0.4) is 0 Å². The highest BCUT2D eigenvalue weighted by Crippen LogP contribution is 2.06. The first kappa shape index (κ1) is 9.05. The Balaban J connectivity index is 3.70. The molecule has 1 unspecified atom stereocenters. The fourth-order valence-electron chi connectivity index (χ4n) is 0.821. The van der Waals surface area contributed by atoms with Crippen molar-refractivity contribution in [3.8, 4) is 0 Å². The molecule has 0 aliphatic heterocycles. The molecule has 0 N–H and O–H groups in total. The molecule has 0 bridgehead atoms. The lowest BCUT2D eigenvalue weighted by molar-refractivity contribution is 0.607. The molecular formula is C7H13N3. The number of hydrogen-bond acceptors (Lipinski definition) is 1. The first-order valence-electron chi connectivity index (χ1n) is 3.50. The smallest absolute Gasteiger partial charge is 0.0408 e. The van der Waals surface area contributed by atoms with Crippen LogP contribution in [0, 0.1) is 0 Å². The van der Waals surface area contributed by atoms with Crippen LogP contribution in [-0.4, -0.2) is 6.04 Å². The Morgan fingerprint density at radius 1 is 1.80 bits per heavy atom. The molecule has 0 radical (unpaired) electrons. The number of nitrogens with zero attached hydrogens (tertiary/aromatic N) is 3. The first-order valence-corrected chi connectivity index (χ1v) is 3.50. The molecule has 0 spiro atoms. The van der Waals surface area contributed by atoms with Crippen LogP contribution in [0.1, 0.15) is 26.2 Å². The fourth-order valence-corrected chi connectivity index (χ4v) is 0.821. The van der Waals surface area contributed by atoms with E-state index in [-0.39, 0.29) is 6.04 Å². The van der Waals surface area contributed by atoms with Crippen LogP contribution >= 0.6 is 0 Å². The first-order chi connectivity index (χ1) is 4.85. The molecule has 3 nitrogen and oxygen atoms in total. The zero-order valence-corrected chi connectivity index (χ0v) is 6.32. The van der Waals surface area contributed by atoms with E-state index < -0.39 is 0 Å². The summed E-state index contributed by atoms with van der Waals surface area (Å²) in [5.41, 5.74) is 8.11. The van der Waals surface area contributed by atoms with E-state index >= 15 is 0 Å². The molecular weight excluding hydrogens is 126 g/mol. The van der Waals surface area contributed by atoms with Gasteiger partial charge in [0.2, 0.25) is 0 Å². The Morgan fingerprint density at radius 3 is 2.90 bits per heavy atom. The van der Waals surface area contributed by atoms with Gasteiger partial charge in [-0.05, 0) is 18.4 Å². The third-order valence-corrected chi connectivity index (χ3v) is 1.28. The van der Waals surface area contributed by atoms with Gasteiger partial charge >= 0.3 is 0 Å². The number of azide groups is 1. The minimum atomic E-state index is 0.118. The largest absolute Gasteiger partial charge is 0.103 e. The van der Waals surface area contributed by atoms with E-state index in [9.17, 15) is 0 Å². The molecule has 0 aromatic carbocycles. The molecule has 0 rings (SSSR count). The molecule has 0 aliphatic carbocycles. The standard InChI is InChI=1S/C7H13N3/c1-3-5-7(6-4-2)9-10-8/h3,7H,1,4-6H2,2H3. The van der Waals surface area contributed by atoms with Gasteiger partial charge < -0.3 is 0 Å². The Morgan fingerprint density at radius 2 is 2.50 bits per heavy atom. The maximum Gasteiger partial charge on any atom is 0.0408 e. The normalized spacial score (nSPS) is 11.7. The highest BCUT2D eigenvalue weighted by Gasteiger charge is 2.00. The molecule has 0 aromatic rings. The third-order valence-electron chi connectivity index (χ3n) is 1.28. The predicted molar refractivity (Wildman–Crippen MR) is 42.7 cm³/mol. The van der Waals surface area contributed by atoms with Crippen molar-refractivity contribution in [2.45, 2.75) is 32.2 Å². The Labute approximate surface area is 61.4 Å².